The number of aryl methyl sites for hydroxylation is 1. The van der Waals surface area contributed by atoms with E-state index in [4.69, 9.17) is 11.6 Å². The van der Waals surface area contributed by atoms with Gasteiger partial charge in [0.15, 0.2) is 0 Å². The summed E-state index contributed by atoms with van der Waals surface area (Å²) >= 11 is 6.24. The van der Waals surface area contributed by atoms with Crippen LogP contribution in [0.2, 0.25) is 5.02 Å². The molecule has 1 N–H and O–H groups in total. The molecule has 1 atom stereocenters. The average Bonchev–Trinajstić information content (AvgIpc) is 2.40. The number of nitrogens with zero attached hydrogens (tertiary/aromatic N) is 1. The van der Waals surface area contributed by atoms with Crippen molar-refractivity contribution in [1.82, 2.24) is 10.3 Å². The summed E-state index contributed by atoms with van der Waals surface area (Å²) in [6.07, 6.45) is 4.68. The van der Waals surface area contributed by atoms with Gasteiger partial charge in [0.1, 0.15) is 0 Å². The van der Waals surface area contributed by atoms with Gasteiger partial charge < -0.3 is 5.32 Å². The van der Waals surface area contributed by atoms with Gasteiger partial charge in [-0.3, -0.25) is 4.98 Å². The highest BCUT2D eigenvalue weighted by atomic mass is 35.5. The fraction of sp³-hybridized carbons (Fsp3) is 0.312. The molecule has 2 nitrogen and oxygen atoms in total. The lowest BCUT2D eigenvalue weighted by molar-refractivity contribution is 0.548. The second-order valence-electron chi connectivity index (χ2n) is 4.70. The van der Waals surface area contributed by atoms with Gasteiger partial charge in [0.25, 0.3) is 0 Å². The van der Waals surface area contributed by atoms with E-state index in [1.54, 1.807) is 0 Å². The zero-order valence-corrected chi connectivity index (χ0v) is 12.1. The molecule has 0 amide bonds. The second kappa shape index (κ2) is 6.69. The van der Waals surface area contributed by atoms with Crippen molar-refractivity contribution in [1.29, 1.82) is 0 Å². The maximum Gasteiger partial charge on any atom is 0.0438 e. The van der Waals surface area contributed by atoms with Crippen LogP contribution in [0.3, 0.4) is 0 Å². The lowest BCUT2D eigenvalue weighted by Crippen LogP contribution is -2.23. The molecule has 1 aromatic heterocycles. The molecule has 0 saturated carbocycles. The number of nitrogens with one attached hydrogen (secondary N) is 1. The predicted octanol–water partition coefficient (Wildman–Crippen LogP) is 3.94. The van der Waals surface area contributed by atoms with Crippen LogP contribution < -0.4 is 5.32 Å². The lowest BCUT2D eigenvalue weighted by Gasteiger charge is -2.19. The SMILES string of the molecule is CCNC(Cc1ccccc1Cl)c1cncc(C)c1. The molecule has 0 aliphatic rings. The number of benzene rings is 1. The first-order chi connectivity index (χ1) is 9.20. The predicted molar refractivity (Wildman–Crippen MR) is 80.5 cm³/mol. The van der Waals surface area contributed by atoms with E-state index in [1.807, 2.05) is 30.6 Å². The quantitative estimate of drug-likeness (QED) is 0.893. The normalized spacial score (nSPS) is 12.4. The van der Waals surface area contributed by atoms with Crippen molar-refractivity contribution in [3.63, 3.8) is 0 Å². The third-order valence-corrected chi connectivity index (χ3v) is 3.50. The van der Waals surface area contributed by atoms with Crippen molar-refractivity contribution in [3.8, 4) is 0 Å². The van der Waals surface area contributed by atoms with Crippen LogP contribution in [0.1, 0.15) is 29.7 Å². The molecule has 0 aliphatic carbocycles. The van der Waals surface area contributed by atoms with Gasteiger partial charge in [-0.1, -0.05) is 42.8 Å². The minimum absolute atomic E-state index is 0.247. The molecule has 0 bridgehead atoms. The Morgan fingerprint density at radius 2 is 2.05 bits per heavy atom. The summed E-state index contributed by atoms with van der Waals surface area (Å²) in [7, 11) is 0. The van der Waals surface area contributed by atoms with E-state index in [0.717, 1.165) is 23.6 Å². The third-order valence-electron chi connectivity index (χ3n) is 3.13. The first kappa shape index (κ1) is 14.0. The third kappa shape index (κ3) is 3.79. The Labute approximate surface area is 119 Å². The summed E-state index contributed by atoms with van der Waals surface area (Å²) in [6, 6.07) is 10.4. The Bertz CT molecular complexity index is 540. The monoisotopic (exact) mass is 274 g/mol. The van der Waals surface area contributed by atoms with E-state index >= 15 is 0 Å². The summed E-state index contributed by atoms with van der Waals surface area (Å²) in [4.78, 5) is 4.28. The Hall–Kier alpha value is -1.38. The van der Waals surface area contributed by atoms with Crippen molar-refractivity contribution in [2.75, 3.05) is 6.54 Å². The molecule has 0 aliphatic heterocycles. The number of halogens is 1. The highest BCUT2D eigenvalue weighted by Crippen LogP contribution is 2.23. The topological polar surface area (TPSA) is 24.9 Å². The Morgan fingerprint density at radius 1 is 1.26 bits per heavy atom. The number of aromatic nitrogens is 1. The number of rotatable bonds is 5. The van der Waals surface area contributed by atoms with Gasteiger partial charge in [-0.2, -0.15) is 0 Å². The molecule has 1 aromatic carbocycles. The molecule has 0 saturated heterocycles. The van der Waals surface area contributed by atoms with E-state index in [1.165, 1.54) is 11.1 Å². The van der Waals surface area contributed by atoms with Crippen LogP contribution in [0, 0.1) is 6.92 Å². The number of likely N-dealkylation sites (N-methyl/N-ethyl adjacent to an activating group) is 1. The maximum atomic E-state index is 6.24. The first-order valence-electron chi connectivity index (χ1n) is 6.59. The Balaban J connectivity index is 2.24. The average molecular weight is 275 g/mol. The molecule has 0 spiro atoms. The van der Waals surface area contributed by atoms with Gasteiger partial charge in [-0.15, -0.1) is 0 Å². The van der Waals surface area contributed by atoms with Gasteiger partial charge in [0.2, 0.25) is 0 Å². The van der Waals surface area contributed by atoms with E-state index in [9.17, 15) is 0 Å². The summed E-state index contributed by atoms with van der Waals surface area (Å²) in [5.41, 5.74) is 3.55. The smallest absolute Gasteiger partial charge is 0.0438 e. The molecule has 19 heavy (non-hydrogen) atoms. The summed E-state index contributed by atoms with van der Waals surface area (Å²) in [6.45, 7) is 5.10. The standard InChI is InChI=1S/C16H19ClN2/c1-3-19-16(14-8-12(2)10-18-11-14)9-13-6-4-5-7-15(13)17/h4-8,10-11,16,19H,3,9H2,1-2H3. The van der Waals surface area contributed by atoms with Crippen LogP contribution in [-0.2, 0) is 6.42 Å². The Kier molecular flexibility index (Phi) is 4.94. The zero-order chi connectivity index (χ0) is 13.7. The van der Waals surface area contributed by atoms with E-state index in [-0.39, 0.29) is 6.04 Å². The molecule has 1 heterocycles. The van der Waals surface area contributed by atoms with Gasteiger partial charge in [0.05, 0.1) is 0 Å². The van der Waals surface area contributed by atoms with Gasteiger partial charge in [-0.05, 0) is 42.6 Å². The number of pyridine rings is 1. The van der Waals surface area contributed by atoms with Crippen molar-refractivity contribution in [2.45, 2.75) is 26.3 Å². The van der Waals surface area contributed by atoms with Crippen molar-refractivity contribution in [2.24, 2.45) is 0 Å². The molecule has 0 radical (unpaired) electrons. The van der Waals surface area contributed by atoms with Crippen molar-refractivity contribution >= 4 is 11.6 Å². The molecular formula is C16H19ClN2. The van der Waals surface area contributed by atoms with Crippen LogP contribution in [0.25, 0.3) is 0 Å². The molecule has 3 heteroatoms. The van der Waals surface area contributed by atoms with E-state index in [0.29, 0.717) is 0 Å². The molecular weight excluding hydrogens is 256 g/mol. The van der Waals surface area contributed by atoms with Crippen LogP contribution in [-0.4, -0.2) is 11.5 Å². The van der Waals surface area contributed by atoms with Crippen molar-refractivity contribution < 1.29 is 0 Å². The minimum atomic E-state index is 0.247. The molecule has 2 aromatic rings. The molecule has 100 valence electrons. The van der Waals surface area contributed by atoms with Gasteiger partial charge in [0, 0.05) is 23.5 Å². The van der Waals surface area contributed by atoms with Gasteiger partial charge >= 0.3 is 0 Å². The largest absolute Gasteiger partial charge is 0.310 e. The maximum absolute atomic E-state index is 6.24. The van der Waals surface area contributed by atoms with Gasteiger partial charge in [-0.25, -0.2) is 0 Å². The zero-order valence-electron chi connectivity index (χ0n) is 11.4. The highest BCUT2D eigenvalue weighted by Gasteiger charge is 2.13. The molecule has 0 fully saturated rings. The summed E-state index contributed by atoms with van der Waals surface area (Å²) in [5.74, 6) is 0. The first-order valence-corrected chi connectivity index (χ1v) is 6.97. The summed E-state index contributed by atoms with van der Waals surface area (Å²) < 4.78 is 0. The number of hydrogen-bond acceptors (Lipinski definition) is 2. The second-order valence-corrected chi connectivity index (χ2v) is 5.11. The van der Waals surface area contributed by atoms with Crippen molar-refractivity contribution in [3.05, 3.63) is 64.4 Å². The summed E-state index contributed by atoms with van der Waals surface area (Å²) in [5, 5.41) is 4.33. The van der Waals surface area contributed by atoms with Crippen LogP contribution in [0.5, 0.6) is 0 Å². The fourth-order valence-corrected chi connectivity index (χ4v) is 2.42. The number of hydrogen-bond donors (Lipinski definition) is 1. The minimum Gasteiger partial charge on any atom is -0.310 e. The van der Waals surface area contributed by atoms with Crippen LogP contribution in [0.4, 0.5) is 0 Å². The lowest BCUT2D eigenvalue weighted by atomic mass is 9.99. The molecule has 1 unspecified atom stereocenters. The van der Waals surface area contributed by atoms with E-state index in [2.05, 4.69) is 36.3 Å². The molecule has 2 rings (SSSR count). The Morgan fingerprint density at radius 3 is 2.74 bits per heavy atom. The van der Waals surface area contributed by atoms with Crippen LogP contribution >= 0.6 is 11.6 Å². The fourth-order valence-electron chi connectivity index (χ4n) is 2.21. The van der Waals surface area contributed by atoms with Crippen LogP contribution in [0.15, 0.2) is 42.7 Å². The highest BCUT2D eigenvalue weighted by molar-refractivity contribution is 6.31. The van der Waals surface area contributed by atoms with E-state index < -0.39 is 0 Å².